The van der Waals surface area contributed by atoms with Crippen LogP contribution in [0.15, 0.2) is 84.9 Å². The van der Waals surface area contributed by atoms with Gasteiger partial charge in [0.1, 0.15) is 6.04 Å². The summed E-state index contributed by atoms with van der Waals surface area (Å²) in [5.74, 6) is -0.0471. The molecule has 0 aliphatic carbocycles. The summed E-state index contributed by atoms with van der Waals surface area (Å²) in [6, 6.07) is 27.2. The van der Waals surface area contributed by atoms with Crippen LogP contribution in [0.25, 0.3) is 11.1 Å². The molecule has 0 saturated carbocycles. The highest BCUT2D eigenvalue weighted by atomic mass is 16.2. The van der Waals surface area contributed by atoms with Crippen LogP contribution in [0.3, 0.4) is 0 Å². The van der Waals surface area contributed by atoms with E-state index >= 15 is 0 Å². The van der Waals surface area contributed by atoms with E-state index in [0.29, 0.717) is 19.5 Å². The van der Waals surface area contributed by atoms with Crippen molar-refractivity contribution in [1.82, 2.24) is 4.90 Å². The largest absolute Gasteiger partial charge is 0.329 e. The SMILES string of the molecule is CC1C(=O)N(c2ccccc2-c2ccccc2)CCN1C(=O)Cc1ccccc1. The Morgan fingerprint density at radius 3 is 2.21 bits per heavy atom. The molecule has 4 heteroatoms. The molecule has 0 N–H and O–H groups in total. The Morgan fingerprint density at radius 1 is 0.862 bits per heavy atom. The molecule has 1 atom stereocenters. The summed E-state index contributed by atoms with van der Waals surface area (Å²) in [6.07, 6.45) is 0.319. The molecule has 2 amide bonds. The number of carbonyl (C=O) groups excluding carboxylic acids is 2. The summed E-state index contributed by atoms with van der Waals surface area (Å²) in [4.78, 5) is 29.5. The first-order chi connectivity index (χ1) is 14.1. The van der Waals surface area contributed by atoms with Crippen LogP contribution >= 0.6 is 0 Å². The van der Waals surface area contributed by atoms with Crippen molar-refractivity contribution in [1.29, 1.82) is 0 Å². The number of piperazine rings is 1. The van der Waals surface area contributed by atoms with E-state index in [0.717, 1.165) is 22.4 Å². The number of amides is 2. The van der Waals surface area contributed by atoms with Crippen molar-refractivity contribution in [3.8, 4) is 11.1 Å². The van der Waals surface area contributed by atoms with Crippen molar-refractivity contribution in [3.63, 3.8) is 0 Å². The van der Waals surface area contributed by atoms with Crippen LogP contribution < -0.4 is 4.90 Å². The van der Waals surface area contributed by atoms with Crippen LogP contribution in [0.4, 0.5) is 5.69 Å². The Balaban J connectivity index is 1.55. The minimum Gasteiger partial charge on any atom is -0.329 e. The monoisotopic (exact) mass is 384 g/mol. The van der Waals surface area contributed by atoms with Crippen LogP contribution in [0.2, 0.25) is 0 Å². The van der Waals surface area contributed by atoms with E-state index in [1.165, 1.54) is 0 Å². The Kier molecular flexibility index (Phi) is 5.43. The molecule has 29 heavy (non-hydrogen) atoms. The maximum absolute atomic E-state index is 13.2. The van der Waals surface area contributed by atoms with E-state index in [2.05, 4.69) is 0 Å². The lowest BCUT2D eigenvalue weighted by atomic mass is 10.0. The number of rotatable bonds is 4. The molecular formula is C25H24N2O2. The molecule has 0 aromatic heterocycles. The second-order valence-corrected chi connectivity index (χ2v) is 7.30. The highest BCUT2D eigenvalue weighted by Crippen LogP contribution is 2.32. The first kappa shape index (κ1) is 18.9. The van der Waals surface area contributed by atoms with Gasteiger partial charge in [-0.2, -0.15) is 0 Å². The van der Waals surface area contributed by atoms with Crippen molar-refractivity contribution >= 4 is 17.5 Å². The number of hydrogen-bond donors (Lipinski definition) is 0. The summed E-state index contributed by atoms with van der Waals surface area (Å²) < 4.78 is 0. The van der Waals surface area contributed by atoms with E-state index in [1.807, 2.05) is 96.8 Å². The Labute approximate surface area is 171 Å². The third-order valence-electron chi connectivity index (χ3n) is 5.45. The van der Waals surface area contributed by atoms with E-state index in [4.69, 9.17) is 0 Å². The first-order valence-electron chi connectivity index (χ1n) is 9.94. The van der Waals surface area contributed by atoms with Crippen LogP contribution in [-0.2, 0) is 16.0 Å². The van der Waals surface area contributed by atoms with Gasteiger partial charge in [-0.3, -0.25) is 9.59 Å². The van der Waals surface area contributed by atoms with E-state index in [1.54, 1.807) is 4.90 Å². The summed E-state index contributed by atoms with van der Waals surface area (Å²) in [5, 5.41) is 0. The van der Waals surface area contributed by atoms with Gasteiger partial charge >= 0.3 is 0 Å². The van der Waals surface area contributed by atoms with Gasteiger partial charge in [0, 0.05) is 18.7 Å². The normalized spacial score (nSPS) is 16.7. The average molecular weight is 384 g/mol. The lowest BCUT2D eigenvalue weighted by molar-refractivity contribution is -0.140. The molecule has 3 aromatic rings. The fraction of sp³-hybridized carbons (Fsp3) is 0.200. The molecule has 1 saturated heterocycles. The van der Waals surface area contributed by atoms with Gasteiger partial charge in [-0.15, -0.1) is 0 Å². The number of anilines is 1. The van der Waals surface area contributed by atoms with Gasteiger partial charge in [0.25, 0.3) is 0 Å². The molecule has 1 aliphatic heterocycles. The second kappa shape index (κ2) is 8.31. The van der Waals surface area contributed by atoms with Gasteiger partial charge in [0.05, 0.1) is 12.1 Å². The Hall–Kier alpha value is -3.40. The molecule has 1 aliphatic rings. The van der Waals surface area contributed by atoms with Gasteiger partial charge in [0.2, 0.25) is 11.8 Å². The topological polar surface area (TPSA) is 40.6 Å². The molecule has 1 heterocycles. The molecule has 0 spiro atoms. The van der Waals surface area contributed by atoms with E-state index < -0.39 is 6.04 Å². The number of benzene rings is 3. The standard InChI is InChI=1S/C25H24N2O2/c1-19-25(29)27(17-16-26(19)24(28)18-20-10-4-2-5-11-20)23-15-9-8-14-22(23)21-12-6-3-7-13-21/h2-15,19H,16-18H2,1H3. The fourth-order valence-electron chi connectivity index (χ4n) is 3.89. The molecule has 0 bridgehead atoms. The first-order valence-corrected chi connectivity index (χ1v) is 9.94. The van der Waals surface area contributed by atoms with Crippen LogP contribution in [0.5, 0.6) is 0 Å². The third kappa shape index (κ3) is 3.92. The van der Waals surface area contributed by atoms with Crippen molar-refractivity contribution < 1.29 is 9.59 Å². The van der Waals surface area contributed by atoms with Crippen molar-refractivity contribution in [2.24, 2.45) is 0 Å². The fourth-order valence-corrected chi connectivity index (χ4v) is 3.89. The van der Waals surface area contributed by atoms with Crippen molar-refractivity contribution in [2.45, 2.75) is 19.4 Å². The smallest absolute Gasteiger partial charge is 0.249 e. The molecule has 1 unspecified atom stereocenters. The number of nitrogens with zero attached hydrogens (tertiary/aromatic N) is 2. The summed E-state index contributed by atoms with van der Waals surface area (Å²) >= 11 is 0. The Bertz CT molecular complexity index is 1000. The highest BCUT2D eigenvalue weighted by Gasteiger charge is 2.35. The maximum Gasteiger partial charge on any atom is 0.249 e. The van der Waals surface area contributed by atoms with Crippen molar-refractivity contribution in [3.05, 3.63) is 90.5 Å². The number of hydrogen-bond acceptors (Lipinski definition) is 2. The Morgan fingerprint density at radius 2 is 1.48 bits per heavy atom. The lowest BCUT2D eigenvalue weighted by Crippen LogP contribution is -2.58. The summed E-state index contributed by atoms with van der Waals surface area (Å²) in [6.45, 7) is 2.85. The van der Waals surface area contributed by atoms with Gasteiger partial charge in [0.15, 0.2) is 0 Å². The molecule has 146 valence electrons. The minimum atomic E-state index is -0.483. The quantitative estimate of drug-likeness (QED) is 0.678. The second-order valence-electron chi connectivity index (χ2n) is 7.30. The molecule has 0 radical (unpaired) electrons. The highest BCUT2D eigenvalue weighted by molar-refractivity contribution is 6.03. The molecular weight excluding hydrogens is 360 g/mol. The zero-order valence-electron chi connectivity index (χ0n) is 16.5. The van der Waals surface area contributed by atoms with Gasteiger partial charge in [-0.05, 0) is 24.1 Å². The predicted molar refractivity (Wildman–Crippen MR) is 116 cm³/mol. The summed E-state index contributed by atoms with van der Waals surface area (Å²) in [7, 11) is 0. The number of para-hydroxylation sites is 1. The molecule has 1 fully saturated rings. The summed E-state index contributed by atoms with van der Waals surface area (Å²) in [5.41, 5.74) is 3.96. The number of carbonyl (C=O) groups is 2. The zero-order valence-corrected chi connectivity index (χ0v) is 16.5. The van der Waals surface area contributed by atoms with E-state index in [-0.39, 0.29) is 11.8 Å². The lowest BCUT2D eigenvalue weighted by Gasteiger charge is -2.39. The minimum absolute atomic E-state index is 0.00644. The van der Waals surface area contributed by atoms with Crippen LogP contribution in [-0.4, -0.2) is 35.8 Å². The molecule has 4 rings (SSSR count). The van der Waals surface area contributed by atoms with Gasteiger partial charge in [-0.25, -0.2) is 0 Å². The maximum atomic E-state index is 13.2. The van der Waals surface area contributed by atoms with Crippen molar-refractivity contribution in [2.75, 3.05) is 18.0 Å². The van der Waals surface area contributed by atoms with Gasteiger partial charge < -0.3 is 9.80 Å². The van der Waals surface area contributed by atoms with E-state index in [9.17, 15) is 9.59 Å². The van der Waals surface area contributed by atoms with Gasteiger partial charge in [-0.1, -0.05) is 78.9 Å². The molecule has 4 nitrogen and oxygen atoms in total. The third-order valence-corrected chi connectivity index (χ3v) is 5.45. The van der Waals surface area contributed by atoms with Crippen LogP contribution in [0.1, 0.15) is 12.5 Å². The predicted octanol–water partition coefficient (Wildman–Crippen LogP) is 4.16. The van der Waals surface area contributed by atoms with Crippen LogP contribution in [0, 0.1) is 0 Å². The average Bonchev–Trinajstić information content (AvgIpc) is 2.77. The molecule has 3 aromatic carbocycles. The zero-order chi connectivity index (χ0) is 20.2.